The summed E-state index contributed by atoms with van der Waals surface area (Å²) < 4.78 is 49.4. The van der Waals surface area contributed by atoms with Crippen LogP contribution in [0.4, 0.5) is 8.78 Å². The van der Waals surface area contributed by atoms with Crippen molar-refractivity contribution in [1.82, 2.24) is 4.31 Å². The number of hydrogen-bond acceptors (Lipinski definition) is 4. The highest BCUT2D eigenvalue weighted by Gasteiger charge is 2.25. The van der Waals surface area contributed by atoms with Crippen LogP contribution in [-0.4, -0.2) is 44.0 Å². The zero-order valence-electron chi connectivity index (χ0n) is 10.9. The third-order valence-electron chi connectivity index (χ3n) is 2.69. The Kier molecular flexibility index (Phi) is 6.47. The van der Waals surface area contributed by atoms with Crippen molar-refractivity contribution in [3.05, 3.63) is 35.4 Å². The quantitative estimate of drug-likeness (QED) is 0.734. The Morgan fingerprint density at radius 1 is 1.20 bits per heavy atom. The fraction of sp³-hybridized carbons (Fsp3) is 0.500. The van der Waals surface area contributed by atoms with Crippen molar-refractivity contribution < 1.29 is 22.3 Å². The van der Waals surface area contributed by atoms with Gasteiger partial charge in [0.25, 0.3) is 6.43 Å². The van der Waals surface area contributed by atoms with E-state index >= 15 is 0 Å². The van der Waals surface area contributed by atoms with E-state index in [-0.39, 0.29) is 12.3 Å². The van der Waals surface area contributed by atoms with Gasteiger partial charge in [-0.2, -0.15) is 4.31 Å². The second-order valence-corrected chi connectivity index (χ2v) is 6.22. The molecule has 0 heterocycles. The first kappa shape index (κ1) is 17.0. The molecule has 1 aromatic rings. The van der Waals surface area contributed by atoms with Crippen LogP contribution >= 0.6 is 0 Å². The zero-order chi connectivity index (χ0) is 15.2. The Bertz CT molecular complexity index is 506. The maximum absolute atomic E-state index is 12.4. The van der Waals surface area contributed by atoms with Gasteiger partial charge in [-0.1, -0.05) is 24.3 Å². The molecule has 0 aliphatic rings. The molecular formula is C12H18F2N2O3S. The van der Waals surface area contributed by atoms with E-state index in [1.54, 1.807) is 24.3 Å². The predicted molar refractivity (Wildman–Crippen MR) is 71.6 cm³/mol. The minimum atomic E-state index is -3.89. The van der Waals surface area contributed by atoms with E-state index < -0.39 is 29.6 Å². The second-order valence-electron chi connectivity index (χ2n) is 4.25. The highest BCUT2D eigenvalue weighted by molar-refractivity contribution is 7.88. The van der Waals surface area contributed by atoms with Gasteiger partial charge in [-0.3, -0.25) is 0 Å². The average molecular weight is 308 g/mol. The molecule has 1 aromatic carbocycles. The van der Waals surface area contributed by atoms with Gasteiger partial charge in [0, 0.05) is 13.1 Å². The number of hydrogen-bond donors (Lipinski definition) is 2. The van der Waals surface area contributed by atoms with Crippen LogP contribution in [0.5, 0.6) is 0 Å². The van der Waals surface area contributed by atoms with Crippen molar-refractivity contribution in [2.75, 3.05) is 19.7 Å². The lowest BCUT2D eigenvalue weighted by atomic mass is 10.1. The zero-order valence-corrected chi connectivity index (χ0v) is 11.7. The van der Waals surface area contributed by atoms with Crippen LogP contribution in [0.3, 0.4) is 0 Å². The normalized spacial score (nSPS) is 12.3. The van der Waals surface area contributed by atoms with Crippen molar-refractivity contribution >= 4 is 10.0 Å². The van der Waals surface area contributed by atoms with Gasteiger partial charge in [0.15, 0.2) is 0 Å². The summed E-state index contributed by atoms with van der Waals surface area (Å²) in [5.74, 6) is -0.384. The summed E-state index contributed by atoms with van der Waals surface area (Å²) in [7, 11) is -3.89. The van der Waals surface area contributed by atoms with Crippen molar-refractivity contribution in [2.24, 2.45) is 5.73 Å². The summed E-state index contributed by atoms with van der Waals surface area (Å²) in [5.41, 5.74) is 6.77. The summed E-state index contributed by atoms with van der Waals surface area (Å²) in [5, 5.41) is 8.78. The van der Waals surface area contributed by atoms with E-state index in [1.165, 1.54) is 0 Å². The van der Waals surface area contributed by atoms with E-state index in [0.717, 1.165) is 5.56 Å². The lowest BCUT2D eigenvalue weighted by molar-refractivity contribution is 0.113. The number of nitrogens with two attached hydrogens (primary N) is 1. The van der Waals surface area contributed by atoms with Crippen LogP contribution in [0.1, 0.15) is 11.1 Å². The number of sulfonamides is 1. The van der Waals surface area contributed by atoms with E-state index in [4.69, 9.17) is 10.8 Å². The van der Waals surface area contributed by atoms with Crippen molar-refractivity contribution in [3.8, 4) is 0 Å². The van der Waals surface area contributed by atoms with Crippen LogP contribution < -0.4 is 5.73 Å². The highest BCUT2D eigenvalue weighted by atomic mass is 32.2. The SMILES string of the molecule is NCc1ccc(CS(=O)(=O)N(CCO)CC(F)F)cc1. The summed E-state index contributed by atoms with van der Waals surface area (Å²) in [6, 6.07) is 6.57. The molecular weight excluding hydrogens is 290 g/mol. The van der Waals surface area contributed by atoms with Crippen molar-refractivity contribution in [1.29, 1.82) is 0 Å². The maximum atomic E-state index is 12.4. The summed E-state index contributed by atoms with van der Waals surface area (Å²) >= 11 is 0. The number of nitrogens with zero attached hydrogens (tertiary/aromatic N) is 1. The Morgan fingerprint density at radius 3 is 2.20 bits per heavy atom. The molecule has 0 saturated carbocycles. The molecule has 0 fully saturated rings. The molecule has 114 valence electrons. The Morgan fingerprint density at radius 2 is 1.75 bits per heavy atom. The van der Waals surface area contributed by atoms with Crippen LogP contribution in [0.15, 0.2) is 24.3 Å². The molecule has 0 unspecified atom stereocenters. The molecule has 0 aliphatic heterocycles. The molecule has 0 aliphatic carbocycles. The molecule has 0 saturated heterocycles. The van der Waals surface area contributed by atoms with Gasteiger partial charge in [0.2, 0.25) is 10.0 Å². The molecule has 0 aromatic heterocycles. The Hall–Kier alpha value is -1.09. The van der Waals surface area contributed by atoms with Crippen LogP contribution in [0.2, 0.25) is 0 Å². The molecule has 0 atom stereocenters. The standard InChI is InChI=1S/C12H18F2N2O3S/c13-12(14)8-16(5-6-17)20(18,19)9-11-3-1-10(7-15)2-4-11/h1-4,12,17H,5-9,15H2. The molecule has 8 heteroatoms. The van der Waals surface area contributed by atoms with E-state index in [1.807, 2.05) is 0 Å². The molecule has 5 nitrogen and oxygen atoms in total. The van der Waals surface area contributed by atoms with Gasteiger partial charge in [-0.15, -0.1) is 0 Å². The average Bonchev–Trinajstić information content (AvgIpc) is 2.38. The highest BCUT2D eigenvalue weighted by Crippen LogP contribution is 2.13. The Balaban J connectivity index is 2.84. The predicted octanol–water partition coefficient (Wildman–Crippen LogP) is 0.534. The number of rotatable bonds is 8. The van der Waals surface area contributed by atoms with Gasteiger partial charge in [-0.05, 0) is 11.1 Å². The third kappa shape index (κ3) is 5.12. The van der Waals surface area contributed by atoms with Gasteiger partial charge in [0.05, 0.1) is 18.9 Å². The Labute approximate surface area is 117 Å². The first-order chi connectivity index (χ1) is 9.39. The summed E-state index contributed by atoms with van der Waals surface area (Å²) in [6.07, 6.45) is -2.78. The number of alkyl halides is 2. The van der Waals surface area contributed by atoms with Gasteiger partial charge in [-0.25, -0.2) is 17.2 Å². The van der Waals surface area contributed by atoms with Crippen LogP contribution in [-0.2, 0) is 22.3 Å². The van der Waals surface area contributed by atoms with Gasteiger partial charge >= 0.3 is 0 Å². The van der Waals surface area contributed by atoms with Gasteiger partial charge < -0.3 is 10.8 Å². The lowest BCUT2D eigenvalue weighted by Gasteiger charge is -2.20. The van der Waals surface area contributed by atoms with Crippen molar-refractivity contribution in [2.45, 2.75) is 18.7 Å². The number of aliphatic hydroxyl groups is 1. The maximum Gasteiger partial charge on any atom is 0.252 e. The molecule has 0 amide bonds. The fourth-order valence-corrected chi connectivity index (χ4v) is 3.18. The molecule has 3 N–H and O–H groups in total. The fourth-order valence-electron chi connectivity index (χ4n) is 1.68. The molecule has 1 rings (SSSR count). The molecule has 0 spiro atoms. The van der Waals surface area contributed by atoms with Crippen molar-refractivity contribution in [3.63, 3.8) is 0 Å². The largest absolute Gasteiger partial charge is 0.395 e. The minimum Gasteiger partial charge on any atom is -0.395 e. The van der Waals surface area contributed by atoms with E-state index in [0.29, 0.717) is 16.4 Å². The first-order valence-corrected chi connectivity index (χ1v) is 7.64. The number of halogens is 2. The minimum absolute atomic E-state index is 0.340. The second kappa shape index (κ2) is 7.63. The molecule has 0 radical (unpaired) electrons. The molecule has 0 bridgehead atoms. The van der Waals surface area contributed by atoms with Crippen LogP contribution in [0.25, 0.3) is 0 Å². The monoisotopic (exact) mass is 308 g/mol. The summed E-state index contributed by atoms with van der Waals surface area (Å²) in [6.45, 7) is -1.41. The van der Waals surface area contributed by atoms with Gasteiger partial charge in [0.1, 0.15) is 0 Å². The third-order valence-corrected chi connectivity index (χ3v) is 4.51. The topological polar surface area (TPSA) is 83.6 Å². The molecule has 20 heavy (non-hydrogen) atoms. The van der Waals surface area contributed by atoms with E-state index in [9.17, 15) is 17.2 Å². The van der Waals surface area contributed by atoms with Crippen LogP contribution in [0, 0.1) is 0 Å². The summed E-state index contributed by atoms with van der Waals surface area (Å²) in [4.78, 5) is 0. The van der Waals surface area contributed by atoms with E-state index in [2.05, 4.69) is 0 Å². The number of benzene rings is 1. The smallest absolute Gasteiger partial charge is 0.252 e. The number of aliphatic hydroxyl groups excluding tert-OH is 1. The lowest BCUT2D eigenvalue weighted by Crippen LogP contribution is -2.38. The first-order valence-electron chi connectivity index (χ1n) is 6.03.